The maximum atomic E-state index is 8.89. The van der Waals surface area contributed by atoms with Gasteiger partial charge in [-0.25, -0.2) is 0 Å². The van der Waals surface area contributed by atoms with E-state index in [0.717, 1.165) is 0 Å². The van der Waals surface area contributed by atoms with Crippen LogP contribution in [0.15, 0.2) is 0 Å². The molecule has 0 aliphatic carbocycles. The minimum atomic E-state index is -1.08. The van der Waals surface area contributed by atoms with Crippen molar-refractivity contribution >= 4 is 6.03 Å². The average Bonchev–Trinajstić information content (AvgIpc) is 1.41. The van der Waals surface area contributed by atoms with Gasteiger partial charge in [-0.3, -0.25) is 4.79 Å². The van der Waals surface area contributed by atoms with Gasteiger partial charge in [-0.1, -0.05) is 0 Å². The molecule has 0 atom stereocenters. The zero-order chi connectivity index (χ0) is 5.58. The van der Waals surface area contributed by atoms with Crippen molar-refractivity contribution < 1.29 is 24.1 Å². The molecule has 0 heterocycles. The number of hydrogen-bond acceptors (Lipinski definition) is 2. The molecule has 0 radical (unpaired) electrons. The summed E-state index contributed by atoms with van der Waals surface area (Å²) in [6.07, 6.45) is 0. The van der Waals surface area contributed by atoms with E-state index in [1.165, 1.54) is 0 Å². The van der Waals surface area contributed by atoms with E-state index in [2.05, 4.69) is 21.1 Å². The first-order chi connectivity index (χ1) is 2.73. The van der Waals surface area contributed by atoms with Crippen molar-refractivity contribution in [2.75, 3.05) is 0 Å². The number of primary amides is 1. The summed E-state index contributed by atoms with van der Waals surface area (Å²) in [4.78, 5) is 8.89. The number of nitrogens with one attached hydrogen (secondary N) is 1. The SMILES string of the molecule is [NH-]C(N)=O.[NH2-].[O]=[Ni]. The summed E-state index contributed by atoms with van der Waals surface area (Å²) in [5.74, 6) is 0. The van der Waals surface area contributed by atoms with Gasteiger partial charge in [-0.2, -0.15) is 0 Å². The molecule has 0 aromatic rings. The number of urea groups is 1. The van der Waals surface area contributed by atoms with Crippen molar-refractivity contribution in [2.24, 2.45) is 5.73 Å². The fraction of sp³-hybridized carbons (Fsp3) is 0. The van der Waals surface area contributed by atoms with E-state index in [4.69, 9.17) is 14.4 Å². The van der Waals surface area contributed by atoms with Crippen LogP contribution in [0.1, 0.15) is 0 Å². The van der Waals surface area contributed by atoms with Crippen molar-refractivity contribution in [2.45, 2.75) is 0 Å². The number of amides is 2. The maximum absolute atomic E-state index is 8.89. The normalized spacial score (nSPS) is 4.29. The Morgan fingerprint density at radius 3 is 1.57 bits per heavy atom. The van der Waals surface area contributed by atoms with E-state index in [1.807, 2.05) is 0 Å². The number of carbonyl (C=O) groups is 1. The van der Waals surface area contributed by atoms with E-state index in [1.54, 1.807) is 0 Å². The molecule has 0 aromatic heterocycles. The zero-order valence-corrected chi connectivity index (χ0v) is 4.28. The topological polar surface area (TPSA) is 117 Å². The van der Waals surface area contributed by atoms with Crippen molar-refractivity contribution in [3.05, 3.63) is 11.9 Å². The first-order valence-corrected chi connectivity index (χ1v) is 1.28. The van der Waals surface area contributed by atoms with Crippen LogP contribution in [-0.2, 0) is 19.3 Å². The number of hydrogen-bond donors (Lipinski definition) is 1. The molecule has 5 N–H and O–H groups in total. The molecule has 6 heteroatoms. The average molecular weight is 150 g/mol. The van der Waals surface area contributed by atoms with Gasteiger partial charge in [0, 0.05) is 0 Å². The third-order valence-corrected chi connectivity index (χ3v) is 0. The van der Waals surface area contributed by atoms with E-state index in [0.29, 0.717) is 0 Å². The van der Waals surface area contributed by atoms with E-state index < -0.39 is 6.03 Å². The summed E-state index contributed by atoms with van der Waals surface area (Å²) in [6.45, 7) is 0. The molecule has 0 unspecified atom stereocenters. The summed E-state index contributed by atoms with van der Waals surface area (Å²) in [7, 11) is 0. The Bertz CT molecular complexity index is 44.2. The summed E-state index contributed by atoms with van der Waals surface area (Å²) in [5, 5.41) is 0. The molecule has 0 fully saturated rings. The number of nitrogens with two attached hydrogens (primary N) is 2. The molecule has 0 saturated heterocycles. The van der Waals surface area contributed by atoms with Crippen molar-refractivity contribution in [1.82, 2.24) is 0 Å². The second kappa shape index (κ2) is 17.7. The van der Waals surface area contributed by atoms with Crippen LogP contribution in [0.2, 0.25) is 0 Å². The quantitative estimate of drug-likeness (QED) is 0.511. The third-order valence-electron chi connectivity index (χ3n) is 0. The molecule has 0 bridgehead atoms. The molecular weight excluding hydrogens is 145 g/mol. The molecular formula is CH5N3NiO2-2. The van der Waals surface area contributed by atoms with Gasteiger partial charge in [0.05, 0.1) is 0 Å². The summed E-state index contributed by atoms with van der Waals surface area (Å²) < 4.78 is 7.88. The van der Waals surface area contributed by atoms with E-state index in [-0.39, 0.29) is 6.15 Å². The van der Waals surface area contributed by atoms with Gasteiger partial charge in [0.25, 0.3) is 0 Å². The second-order valence-electron chi connectivity index (χ2n) is 0.364. The number of carbonyl (C=O) groups excluding carboxylic acids is 1. The van der Waals surface area contributed by atoms with Gasteiger partial charge in [0.2, 0.25) is 0 Å². The molecule has 0 spiro atoms. The van der Waals surface area contributed by atoms with Gasteiger partial charge in [-0.15, -0.1) is 0 Å². The summed E-state index contributed by atoms with van der Waals surface area (Å²) in [5.41, 5.74) is 9.86. The second-order valence-corrected chi connectivity index (χ2v) is 0.364. The van der Waals surface area contributed by atoms with Gasteiger partial charge in [0.1, 0.15) is 6.03 Å². The predicted molar refractivity (Wildman–Crippen MR) is 19.9 cm³/mol. The molecule has 7 heavy (non-hydrogen) atoms. The van der Waals surface area contributed by atoms with E-state index >= 15 is 0 Å². The van der Waals surface area contributed by atoms with Crippen LogP contribution in [0.3, 0.4) is 0 Å². The first kappa shape index (κ1) is 16.0. The van der Waals surface area contributed by atoms with Crippen LogP contribution in [0, 0.1) is 0 Å². The Hall–Kier alpha value is -0.476. The van der Waals surface area contributed by atoms with Crippen LogP contribution in [-0.4, -0.2) is 6.03 Å². The van der Waals surface area contributed by atoms with Crippen molar-refractivity contribution in [3.63, 3.8) is 0 Å². The Balaban J connectivity index is -0.0000000480. The zero-order valence-electron chi connectivity index (χ0n) is 3.29. The molecule has 0 rings (SSSR count). The van der Waals surface area contributed by atoms with Crippen LogP contribution in [0.4, 0.5) is 4.79 Å². The van der Waals surface area contributed by atoms with Gasteiger partial charge < -0.3 is 17.6 Å². The van der Waals surface area contributed by atoms with E-state index in [9.17, 15) is 0 Å². The van der Waals surface area contributed by atoms with Crippen LogP contribution in [0.25, 0.3) is 11.9 Å². The van der Waals surface area contributed by atoms with Crippen LogP contribution < -0.4 is 5.73 Å². The summed E-state index contributed by atoms with van der Waals surface area (Å²) in [6, 6.07) is -1.08. The van der Waals surface area contributed by atoms with Gasteiger partial charge >= 0.3 is 19.3 Å². The monoisotopic (exact) mass is 149 g/mol. The predicted octanol–water partition coefficient (Wildman–Crippen LogP) is 0.713. The fourth-order valence-electron chi connectivity index (χ4n) is 0. The molecule has 0 aliphatic heterocycles. The molecule has 5 nitrogen and oxygen atoms in total. The van der Waals surface area contributed by atoms with Crippen LogP contribution in [0.5, 0.6) is 0 Å². The fourth-order valence-corrected chi connectivity index (χ4v) is 0. The molecule has 2 amide bonds. The minimum absolute atomic E-state index is 0. The molecule has 0 saturated carbocycles. The van der Waals surface area contributed by atoms with Crippen molar-refractivity contribution in [1.29, 1.82) is 0 Å². The molecule has 48 valence electrons. The van der Waals surface area contributed by atoms with Gasteiger partial charge in [-0.05, 0) is 0 Å². The van der Waals surface area contributed by atoms with Crippen molar-refractivity contribution in [3.8, 4) is 0 Å². The summed E-state index contributed by atoms with van der Waals surface area (Å²) >= 11 is 2.62. The number of rotatable bonds is 0. The standard InChI is InChI=1S/CH4N2O.H2N.Ni.O/c2-1(3)4;;;/h(H4,2,3,4);1H2;;/q;-1;;/p-1. The Morgan fingerprint density at radius 2 is 1.57 bits per heavy atom. The molecule has 0 aliphatic rings. The Kier molecular flexibility index (Phi) is 40.6. The van der Waals surface area contributed by atoms with Crippen LogP contribution >= 0.6 is 0 Å². The Morgan fingerprint density at radius 1 is 1.57 bits per heavy atom. The third kappa shape index (κ3) is 302. The first-order valence-electron chi connectivity index (χ1n) is 0.872. The van der Waals surface area contributed by atoms with Gasteiger partial charge in [0.15, 0.2) is 0 Å². The molecule has 0 aromatic carbocycles. The Labute approximate surface area is 48.6 Å².